The van der Waals surface area contributed by atoms with Crippen LogP contribution >= 0.6 is 0 Å². The first-order chi connectivity index (χ1) is 10.6. The van der Waals surface area contributed by atoms with Gasteiger partial charge >= 0.3 is 0 Å². The van der Waals surface area contributed by atoms with Crippen LogP contribution in [0.15, 0.2) is 18.2 Å². The van der Waals surface area contributed by atoms with Crippen LogP contribution < -0.4 is 15.0 Å². The lowest BCUT2D eigenvalue weighted by Crippen LogP contribution is -2.42. The topological polar surface area (TPSA) is 58.6 Å². The second kappa shape index (κ2) is 5.87. The van der Waals surface area contributed by atoms with Gasteiger partial charge in [-0.15, -0.1) is 0 Å². The molecule has 1 aromatic rings. The molecule has 0 aromatic heterocycles. The summed E-state index contributed by atoms with van der Waals surface area (Å²) in [5, 5.41) is 2.89. The molecule has 1 N–H and O–H groups in total. The van der Waals surface area contributed by atoms with Crippen LogP contribution in [-0.2, 0) is 9.59 Å². The quantitative estimate of drug-likeness (QED) is 0.908. The van der Waals surface area contributed by atoms with Crippen LogP contribution in [0.1, 0.15) is 41.5 Å². The fourth-order valence-corrected chi connectivity index (χ4v) is 2.36. The molecule has 126 valence electrons. The maximum atomic E-state index is 12.6. The molecule has 0 aliphatic carbocycles. The number of carbonyl (C=O) groups is 2. The van der Waals surface area contributed by atoms with Crippen molar-refractivity contribution < 1.29 is 14.3 Å². The van der Waals surface area contributed by atoms with E-state index in [1.54, 1.807) is 17.0 Å². The first-order valence-corrected chi connectivity index (χ1v) is 7.96. The number of benzene rings is 1. The summed E-state index contributed by atoms with van der Waals surface area (Å²) in [6.45, 7) is 12.2. The van der Waals surface area contributed by atoms with Crippen LogP contribution in [0.25, 0.3) is 0 Å². The molecule has 5 nitrogen and oxygen atoms in total. The molecule has 0 atom stereocenters. The summed E-state index contributed by atoms with van der Waals surface area (Å²) in [5.74, 6) is 0.609. The summed E-state index contributed by atoms with van der Waals surface area (Å²) in [4.78, 5) is 26.5. The number of hydrogen-bond acceptors (Lipinski definition) is 3. The van der Waals surface area contributed by atoms with E-state index in [9.17, 15) is 9.59 Å². The molecule has 0 unspecified atom stereocenters. The largest absolute Gasteiger partial charge is 0.490 e. The highest BCUT2D eigenvalue weighted by molar-refractivity contribution is 6.00. The molecule has 0 saturated heterocycles. The standard InChI is InChI=1S/C18H26N2O3/c1-7-20-13-9-8-12(19-15(21)17(2,3)4)10-14(13)23-11-18(5,6)16(20)22/h8-10H,7,11H2,1-6H3,(H,19,21). The lowest BCUT2D eigenvalue weighted by Gasteiger charge is -2.27. The van der Waals surface area contributed by atoms with Crippen molar-refractivity contribution in [2.75, 3.05) is 23.4 Å². The number of anilines is 2. The summed E-state index contributed by atoms with van der Waals surface area (Å²) in [6, 6.07) is 5.42. The maximum Gasteiger partial charge on any atom is 0.236 e. The van der Waals surface area contributed by atoms with E-state index in [2.05, 4.69) is 5.32 Å². The molecular formula is C18H26N2O3. The third-order valence-corrected chi connectivity index (χ3v) is 3.92. The van der Waals surface area contributed by atoms with Crippen molar-refractivity contribution in [1.29, 1.82) is 0 Å². The number of ether oxygens (including phenoxy) is 1. The van der Waals surface area contributed by atoms with E-state index in [-0.39, 0.29) is 11.8 Å². The molecule has 2 rings (SSSR count). The molecule has 0 fully saturated rings. The maximum absolute atomic E-state index is 12.6. The molecular weight excluding hydrogens is 292 g/mol. The summed E-state index contributed by atoms with van der Waals surface area (Å²) in [6.07, 6.45) is 0. The Bertz CT molecular complexity index is 630. The van der Waals surface area contributed by atoms with Crippen molar-refractivity contribution in [2.24, 2.45) is 10.8 Å². The Morgan fingerprint density at radius 2 is 2.00 bits per heavy atom. The fourth-order valence-electron chi connectivity index (χ4n) is 2.36. The van der Waals surface area contributed by atoms with Crippen molar-refractivity contribution >= 4 is 23.2 Å². The molecule has 0 saturated carbocycles. The SMILES string of the molecule is CCN1C(=O)C(C)(C)COc2cc(NC(=O)C(C)(C)C)ccc21. The predicted molar refractivity (Wildman–Crippen MR) is 91.8 cm³/mol. The summed E-state index contributed by atoms with van der Waals surface area (Å²) < 4.78 is 5.86. The Labute approximate surface area is 138 Å². The van der Waals surface area contributed by atoms with Gasteiger partial charge in [0, 0.05) is 23.7 Å². The van der Waals surface area contributed by atoms with Gasteiger partial charge in [-0.2, -0.15) is 0 Å². The summed E-state index contributed by atoms with van der Waals surface area (Å²) >= 11 is 0. The fraction of sp³-hybridized carbons (Fsp3) is 0.556. The number of hydrogen-bond donors (Lipinski definition) is 1. The van der Waals surface area contributed by atoms with Crippen LogP contribution in [0, 0.1) is 10.8 Å². The zero-order valence-electron chi connectivity index (χ0n) is 14.8. The number of nitrogens with one attached hydrogen (secondary N) is 1. The second-order valence-electron chi connectivity index (χ2n) is 7.61. The van der Waals surface area contributed by atoms with E-state index in [0.717, 1.165) is 5.69 Å². The molecule has 2 amide bonds. The molecule has 1 aliphatic heterocycles. The zero-order valence-corrected chi connectivity index (χ0v) is 14.8. The predicted octanol–water partition coefficient (Wildman–Crippen LogP) is 3.44. The van der Waals surface area contributed by atoms with Gasteiger partial charge < -0.3 is 15.0 Å². The number of fused-ring (bicyclic) bond motifs is 1. The van der Waals surface area contributed by atoms with Gasteiger partial charge in [-0.25, -0.2) is 0 Å². The zero-order chi connectivity index (χ0) is 17.4. The molecule has 0 bridgehead atoms. The average molecular weight is 318 g/mol. The van der Waals surface area contributed by atoms with E-state index in [1.165, 1.54) is 0 Å². The lowest BCUT2D eigenvalue weighted by atomic mass is 9.93. The Morgan fingerprint density at radius 1 is 1.35 bits per heavy atom. The van der Waals surface area contributed by atoms with E-state index in [0.29, 0.717) is 24.6 Å². The molecule has 1 aromatic carbocycles. The molecule has 23 heavy (non-hydrogen) atoms. The van der Waals surface area contributed by atoms with Gasteiger partial charge in [0.15, 0.2) is 0 Å². The Kier molecular flexibility index (Phi) is 4.42. The van der Waals surface area contributed by atoms with Crippen molar-refractivity contribution in [2.45, 2.75) is 41.5 Å². The van der Waals surface area contributed by atoms with Crippen LogP contribution in [-0.4, -0.2) is 25.0 Å². The van der Waals surface area contributed by atoms with E-state index >= 15 is 0 Å². The highest BCUT2D eigenvalue weighted by Crippen LogP contribution is 2.38. The van der Waals surface area contributed by atoms with E-state index in [1.807, 2.05) is 47.6 Å². The first-order valence-electron chi connectivity index (χ1n) is 7.96. The second-order valence-corrected chi connectivity index (χ2v) is 7.61. The van der Waals surface area contributed by atoms with Gasteiger partial charge in [-0.1, -0.05) is 20.8 Å². The van der Waals surface area contributed by atoms with Crippen LogP contribution in [0.3, 0.4) is 0 Å². The molecule has 1 heterocycles. The minimum Gasteiger partial charge on any atom is -0.490 e. The lowest BCUT2D eigenvalue weighted by molar-refractivity contribution is -0.127. The van der Waals surface area contributed by atoms with Gasteiger partial charge in [0.2, 0.25) is 11.8 Å². The van der Waals surface area contributed by atoms with Crippen LogP contribution in [0.4, 0.5) is 11.4 Å². The Balaban J connectivity index is 2.36. The van der Waals surface area contributed by atoms with E-state index < -0.39 is 10.8 Å². The normalized spacial score (nSPS) is 17.1. The Morgan fingerprint density at radius 3 is 2.57 bits per heavy atom. The summed E-state index contributed by atoms with van der Waals surface area (Å²) in [5.41, 5.74) is 0.369. The molecule has 0 spiro atoms. The summed E-state index contributed by atoms with van der Waals surface area (Å²) in [7, 11) is 0. The van der Waals surface area contributed by atoms with Crippen molar-refractivity contribution in [1.82, 2.24) is 0 Å². The van der Waals surface area contributed by atoms with Crippen LogP contribution in [0.5, 0.6) is 5.75 Å². The molecule has 5 heteroatoms. The minimum atomic E-state index is -0.580. The third-order valence-electron chi connectivity index (χ3n) is 3.92. The van der Waals surface area contributed by atoms with Crippen molar-refractivity contribution in [3.05, 3.63) is 18.2 Å². The van der Waals surface area contributed by atoms with Gasteiger partial charge in [0.05, 0.1) is 11.1 Å². The number of amides is 2. The van der Waals surface area contributed by atoms with E-state index in [4.69, 9.17) is 4.74 Å². The smallest absolute Gasteiger partial charge is 0.236 e. The van der Waals surface area contributed by atoms with Crippen molar-refractivity contribution in [3.8, 4) is 5.75 Å². The average Bonchev–Trinajstić information content (AvgIpc) is 2.54. The highest BCUT2D eigenvalue weighted by Gasteiger charge is 2.37. The van der Waals surface area contributed by atoms with Crippen LogP contribution in [0.2, 0.25) is 0 Å². The Hall–Kier alpha value is -2.04. The molecule has 1 aliphatic rings. The van der Waals surface area contributed by atoms with Gasteiger partial charge in [0.1, 0.15) is 12.4 Å². The van der Waals surface area contributed by atoms with Crippen molar-refractivity contribution in [3.63, 3.8) is 0 Å². The highest BCUT2D eigenvalue weighted by atomic mass is 16.5. The first kappa shape index (κ1) is 17.3. The van der Waals surface area contributed by atoms with Gasteiger partial charge in [0.25, 0.3) is 0 Å². The minimum absolute atomic E-state index is 0.0465. The monoisotopic (exact) mass is 318 g/mol. The molecule has 0 radical (unpaired) electrons. The van der Waals surface area contributed by atoms with Gasteiger partial charge in [-0.3, -0.25) is 9.59 Å². The number of rotatable bonds is 2. The third kappa shape index (κ3) is 3.49. The number of nitrogens with zero attached hydrogens (tertiary/aromatic N) is 1. The number of carbonyl (C=O) groups excluding carboxylic acids is 2. The van der Waals surface area contributed by atoms with Gasteiger partial charge in [-0.05, 0) is 32.9 Å².